The van der Waals surface area contributed by atoms with E-state index in [2.05, 4.69) is 10.6 Å². The minimum Gasteiger partial charge on any atom is -0.343 e. The first-order chi connectivity index (χ1) is 11.0. The summed E-state index contributed by atoms with van der Waals surface area (Å²) in [6.07, 6.45) is 2.79. The fourth-order valence-corrected chi connectivity index (χ4v) is 2.66. The molecule has 3 amide bonds. The molecule has 0 saturated carbocycles. The topological polar surface area (TPSA) is 87.5 Å². The van der Waals surface area contributed by atoms with E-state index in [0.717, 1.165) is 24.9 Å². The van der Waals surface area contributed by atoms with Crippen LogP contribution in [-0.4, -0.2) is 42.0 Å². The van der Waals surface area contributed by atoms with Gasteiger partial charge >= 0.3 is 6.03 Å². The standard InChI is InChI=1S/C17H26N4O2/c1-13(18)7-8-16(22)21-11-9-15(10-12-21)20-17(23)19-14-5-3-2-4-6-14/h2-6,13,15H,7-12,18H2,1H3,(H2,19,20,23). The first-order valence-corrected chi connectivity index (χ1v) is 8.20. The lowest BCUT2D eigenvalue weighted by molar-refractivity contribution is -0.132. The van der Waals surface area contributed by atoms with Crippen molar-refractivity contribution < 1.29 is 9.59 Å². The number of carbonyl (C=O) groups excluding carboxylic acids is 2. The highest BCUT2D eigenvalue weighted by Gasteiger charge is 2.23. The lowest BCUT2D eigenvalue weighted by Gasteiger charge is -2.32. The highest BCUT2D eigenvalue weighted by Crippen LogP contribution is 2.13. The van der Waals surface area contributed by atoms with Crippen LogP contribution in [0, 0.1) is 0 Å². The van der Waals surface area contributed by atoms with Crippen molar-refractivity contribution in [3.8, 4) is 0 Å². The SMILES string of the molecule is CC(N)CCC(=O)N1CCC(NC(=O)Nc2ccccc2)CC1. The van der Waals surface area contributed by atoms with Gasteiger partial charge in [0, 0.05) is 37.3 Å². The summed E-state index contributed by atoms with van der Waals surface area (Å²) in [7, 11) is 0. The Hall–Kier alpha value is -2.08. The molecule has 1 saturated heterocycles. The molecule has 1 unspecified atom stereocenters. The lowest BCUT2D eigenvalue weighted by atomic mass is 10.0. The van der Waals surface area contributed by atoms with Crippen LogP contribution in [0.15, 0.2) is 30.3 Å². The molecule has 1 aliphatic rings. The lowest BCUT2D eigenvalue weighted by Crippen LogP contribution is -2.47. The average Bonchev–Trinajstić information content (AvgIpc) is 2.54. The second-order valence-corrected chi connectivity index (χ2v) is 6.14. The zero-order chi connectivity index (χ0) is 16.7. The Labute approximate surface area is 137 Å². The van der Waals surface area contributed by atoms with Gasteiger partial charge in [-0.25, -0.2) is 4.79 Å². The summed E-state index contributed by atoms with van der Waals surface area (Å²) < 4.78 is 0. The van der Waals surface area contributed by atoms with E-state index in [-0.39, 0.29) is 24.0 Å². The number of hydrogen-bond donors (Lipinski definition) is 3. The number of likely N-dealkylation sites (tertiary alicyclic amines) is 1. The summed E-state index contributed by atoms with van der Waals surface area (Å²) >= 11 is 0. The van der Waals surface area contributed by atoms with Crippen LogP contribution in [0.4, 0.5) is 10.5 Å². The maximum absolute atomic E-state index is 12.0. The second-order valence-electron chi connectivity index (χ2n) is 6.14. The summed E-state index contributed by atoms with van der Waals surface area (Å²) in [6, 6.07) is 9.32. The molecule has 6 nitrogen and oxygen atoms in total. The fraction of sp³-hybridized carbons (Fsp3) is 0.529. The molecule has 4 N–H and O–H groups in total. The number of carbonyl (C=O) groups is 2. The predicted molar refractivity (Wildman–Crippen MR) is 91.1 cm³/mol. The molecule has 1 heterocycles. The molecule has 2 rings (SSSR count). The first kappa shape index (κ1) is 17.3. The van der Waals surface area contributed by atoms with Gasteiger partial charge in [-0.05, 0) is 38.3 Å². The molecule has 0 radical (unpaired) electrons. The molecule has 126 valence electrons. The van der Waals surface area contributed by atoms with E-state index in [1.807, 2.05) is 42.2 Å². The van der Waals surface area contributed by atoms with Gasteiger partial charge in [0.05, 0.1) is 0 Å². The molecule has 1 aromatic rings. The summed E-state index contributed by atoms with van der Waals surface area (Å²) in [5.41, 5.74) is 6.46. The third-order valence-electron chi connectivity index (χ3n) is 4.03. The van der Waals surface area contributed by atoms with Crippen LogP contribution in [0.1, 0.15) is 32.6 Å². The number of para-hydroxylation sites is 1. The number of nitrogens with one attached hydrogen (secondary N) is 2. The number of amides is 3. The van der Waals surface area contributed by atoms with Gasteiger partial charge < -0.3 is 21.3 Å². The van der Waals surface area contributed by atoms with Crippen LogP contribution >= 0.6 is 0 Å². The molecule has 6 heteroatoms. The molecule has 1 fully saturated rings. The van der Waals surface area contributed by atoms with E-state index in [0.29, 0.717) is 19.5 Å². The number of nitrogens with zero attached hydrogens (tertiary/aromatic N) is 1. The van der Waals surface area contributed by atoms with Crippen LogP contribution in [0.5, 0.6) is 0 Å². The van der Waals surface area contributed by atoms with Crippen molar-refractivity contribution in [3.63, 3.8) is 0 Å². The Morgan fingerprint density at radius 3 is 2.52 bits per heavy atom. The van der Waals surface area contributed by atoms with Gasteiger partial charge in [-0.2, -0.15) is 0 Å². The van der Waals surface area contributed by atoms with Crippen molar-refractivity contribution in [2.45, 2.75) is 44.7 Å². The highest BCUT2D eigenvalue weighted by molar-refractivity contribution is 5.89. The molecule has 1 aliphatic heterocycles. The maximum Gasteiger partial charge on any atom is 0.319 e. The molecule has 0 bridgehead atoms. The van der Waals surface area contributed by atoms with Gasteiger partial charge in [-0.15, -0.1) is 0 Å². The number of urea groups is 1. The predicted octanol–water partition coefficient (Wildman–Crippen LogP) is 1.93. The summed E-state index contributed by atoms with van der Waals surface area (Å²) in [6.45, 7) is 3.29. The third kappa shape index (κ3) is 5.90. The van der Waals surface area contributed by atoms with Crippen LogP contribution in [-0.2, 0) is 4.79 Å². The van der Waals surface area contributed by atoms with Gasteiger partial charge in [-0.3, -0.25) is 4.79 Å². The van der Waals surface area contributed by atoms with E-state index < -0.39 is 0 Å². The van der Waals surface area contributed by atoms with Crippen LogP contribution in [0.3, 0.4) is 0 Å². The van der Waals surface area contributed by atoms with Gasteiger partial charge in [0.25, 0.3) is 0 Å². The number of anilines is 1. The summed E-state index contributed by atoms with van der Waals surface area (Å²) in [4.78, 5) is 25.9. The summed E-state index contributed by atoms with van der Waals surface area (Å²) in [5, 5.41) is 5.78. The van der Waals surface area contributed by atoms with E-state index in [1.165, 1.54) is 0 Å². The Morgan fingerprint density at radius 2 is 1.91 bits per heavy atom. The van der Waals surface area contributed by atoms with E-state index >= 15 is 0 Å². The van der Waals surface area contributed by atoms with Crippen LogP contribution < -0.4 is 16.4 Å². The molecule has 23 heavy (non-hydrogen) atoms. The minimum atomic E-state index is -0.196. The van der Waals surface area contributed by atoms with E-state index in [4.69, 9.17) is 5.73 Å². The molecular weight excluding hydrogens is 292 g/mol. The van der Waals surface area contributed by atoms with Crippen LogP contribution in [0.25, 0.3) is 0 Å². The number of benzene rings is 1. The zero-order valence-electron chi connectivity index (χ0n) is 13.6. The van der Waals surface area contributed by atoms with Crippen molar-refractivity contribution in [1.82, 2.24) is 10.2 Å². The van der Waals surface area contributed by atoms with Crippen molar-refractivity contribution in [1.29, 1.82) is 0 Å². The van der Waals surface area contributed by atoms with Crippen molar-refractivity contribution in [2.24, 2.45) is 5.73 Å². The molecular formula is C17H26N4O2. The van der Waals surface area contributed by atoms with Crippen molar-refractivity contribution in [2.75, 3.05) is 18.4 Å². The normalized spacial score (nSPS) is 16.7. The monoisotopic (exact) mass is 318 g/mol. The van der Waals surface area contributed by atoms with Gasteiger partial charge in [0.2, 0.25) is 5.91 Å². The number of nitrogens with two attached hydrogens (primary N) is 1. The Balaban J connectivity index is 1.70. The second kappa shape index (κ2) is 8.53. The Morgan fingerprint density at radius 1 is 1.26 bits per heavy atom. The fourth-order valence-electron chi connectivity index (χ4n) is 2.66. The van der Waals surface area contributed by atoms with Gasteiger partial charge in [-0.1, -0.05) is 18.2 Å². The third-order valence-corrected chi connectivity index (χ3v) is 4.03. The summed E-state index contributed by atoms with van der Waals surface area (Å²) in [5.74, 6) is 0.162. The van der Waals surface area contributed by atoms with Crippen LogP contribution in [0.2, 0.25) is 0 Å². The maximum atomic E-state index is 12.0. The average molecular weight is 318 g/mol. The largest absolute Gasteiger partial charge is 0.343 e. The smallest absolute Gasteiger partial charge is 0.319 e. The molecule has 0 aliphatic carbocycles. The van der Waals surface area contributed by atoms with Gasteiger partial charge in [0.1, 0.15) is 0 Å². The molecule has 1 aromatic carbocycles. The van der Waals surface area contributed by atoms with Crippen molar-refractivity contribution >= 4 is 17.6 Å². The Bertz CT molecular complexity index is 511. The minimum absolute atomic E-state index is 0.0554. The Kier molecular flexibility index (Phi) is 6.40. The number of hydrogen-bond acceptors (Lipinski definition) is 3. The first-order valence-electron chi connectivity index (χ1n) is 8.20. The zero-order valence-corrected chi connectivity index (χ0v) is 13.6. The molecule has 1 atom stereocenters. The highest BCUT2D eigenvalue weighted by atomic mass is 16.2. The molecule has 0 aromatic heterocycles. The number of rotatable bonds is 5. The van der Waals surface area contributed by atoms with Gasteiger partial charge in [0.15, 0.2) is 0 Å². The van der Waals surface area contributed by atoms with E-state index in [9.17, 15) is 9.59 Å². The van der Waals surface area contributed by atoms with E-state index in [1.54, 1.807) is 0 Å². The number of piperidine rings is 1. The quantitative estimate of drug-likeness (QED) is 0.775. The molecule has 0 spiro atoms. The van der Waals surface area contributed by atoms with Crippen molar-refractivity contribution in [3.05, 3.63) is 30.3 Å².